The summed E-state index contributed by atoms with van der Waals surface area (Å²) >= 11 is 0. The third-order valence-electron chi connectivity index (χ3n) is 6.66. The Morgan fingerprint density at radius 3 is 2.52 bits per heavy atom. The third-order valence-corrected chi connectivity index (χ3v) is 6.66. The van der Waals surface area contributed by atoms with Crippen LogP contribution in [0.4, 0.5) is 0 Å². The predicted molar refractivity (Wildman–Crippen MR) is 122 cm³/mol. The number of amides is 2. The fraction of sp³-hybridized carbons (Fsp3) is 0.625. The minimum Gasteiger partial charge on any atom is -0.343 e. The van der Waals surface area contributed by atoms with Crippen LogP contribution in [-0.4, -0.2) is 62.9 Å². The number of rotatable bonds is 7. The number of aryl methyl sites for hydroxylation is 1. The normalized spacial score (nSPS) is 19.1. The lowest BCUT2D eigenvalue weighted by Gasteiger charge is -2.34. The fourth-order valence-corrected chi connectivity index (χ4v) is 4.87. The SMILES string of the molecule is CC(=O)NC1(c2noc(CCC(=O)N3CCN(Cc4ccccn4)CC3)n2)CCCCCC1. The van der Waals surface area contributed by atoms with E-state index in [1.54, 1.807) is 0 Å². The Bertz CT molecular complexity index is 915. The largest absolute Gasteiger partial charge is 0.343 e. The number of piperazine rings is 1. The summed E-state index contributed by atoms with van der Waals surface area (Å²) in [6, 6.07) is 5.95. The van der Waals surface area contributed by atoms with Gasteiger partial charge >= 0.3 is 0 Å². The van der Waals surface area contributed by atoms with Crippen LogP contribution >= 0.6 is 0 Å². The first-order chi connectivity index (χ1) is 16.0. The summed E-state index contributed by atoms with van der Waals surface area (Å²) in [7, 11) is 0. The first kappa shape index (κ1) is 23.4. The molecule has 2 aliphatic rings. The molecule has 1 saturated heterocycles. The molecule has 9 heteroatoms. The molecule has 0 bridgehead atoms. The van der Waals surface area contributed by atoms with E-state index in [9.17, 15) is 9.59 Å². The van der Waals surface area contributed by atoms with Crippen LogP contribution in [0.3, 0.4) is 0 Å². The molecule has 1 aliphatic carbocycles. The van der Waals surface area contributed by atoms with Gasteiger partial charge in [-0.05, 0) is 25.0 Å². The van der Waals surface area contributed by atoms with Gasteiger partial charge in [-0.3, -0.25) is 19.5 Å². The molecule has 0 aromatic carbocycles. The highest BCUT2D eigenvalue weighted by Gasteiger charge is 2.38. The molecule has 1 saturated carbocycles. The van der Waals surface area contributed by atoms with Crippen LogP contribution < -0.4 is 5.32 Å². The molecule has 0 radical (unpaired) electrons. The first-order valence-electron chi connectivity index (χ1n) is 12.1. The van der Waals surface area contributed by atoms with Crippen molar-refractivity contribution in [2.75, 3.05) is 26.2 Å². The maximum absolute atomic E-state index is 12.7. The molecule has 0 spiro atoms. The summed E-state index contributed by atoms with van der Waals surface area (Å²) in [5.74, 6) is 1.03. The molecule has 2 amide bonds. The van der Waals surface area contributed by atoms with Gasteiger partial charge in [0.15, 0.2) is 5.82 Å². The number of nitrogens with one attached hydrogen (secondary N) is 1. The monoisotopic (exact) mass is 454 g/mol. The van der Waals surface area contributed by atoms with Crippen LogP contribution in [-0.2, 0) is 28.1 Å². The van der Waals surface area contributed by atoms with E-state index in [1.807, 2.05) is 29.3 Å². The molecule has 2 aromatic rings. The van der Waals surface area contributed by atoms with Crippen LogP contribution in [0.5, 0.6) is 0 Å². The average Bonchev–Trinajstić information content (AvgIpc) is 3.18. The maximum atomic E-state index is 12.7. The zero-order chi connectivity index (χ0) is 23.1. The Hall–Kier alpha value is -2.81. The Kier molecular flexibility index (Phi) is 7.69. The van der Waals surface area contributed by atoms with Gasteiger partial charge in [0.1, 0.15) is 5.54 Å². The van der Waals surface area contributed by atoms with Gasteiger partial charge in [0.05, 0.1) is 5.69 Å². The molecule has 2 fully saturated rings. The van der Waals surface area contributed by atoms with Crippen LogP contribution in [0.1, 0.15) is 69.3 Å². The highest BCUT2D eigenvalue weighted by atomic mass is 16.5. The van der Waals surface area contributed by atoms with E-state index in [1.165, 1.54) is 6.92 Å². The molecule has 178 valence electrons. The van der Waals surface area contributed by atoms with Crippen LogP contribution in [0.25, 0.3) is 0 Å². The smallest absolute Gasteiger partial charge is 0.227 e. The molecule has 9 nitrogen and oxygen atoms in total. The minimum atomic E-state index is -0.558. The second-order valence-corrected chi connectivity index (χ2v) is 9.17. The Morgan fingerprint density at radius 1 is 1.09 bits per heavy atom. The zero-order valence-corrected chi connectivity index (χ0v) is 19.5. The van der Waals surface area contributed by atoms with E-state index < -0.39 is 5.54 Å². The molecule has 1 N–H and O–H groups in total. The van der Waals surface area contributed by atoms with E-state index in [-0.39, 0.29) is 11.8 Å². The van der Waals surface area contributed by atoms with E-state index in [2.05, 4.69) is 25.3 Å². The van der Waals surface area contributed by atoms with Crippen molar-refractivity contribution in [2.45, 2.75) is 70.4 Å². The van der Waals surface area contributed by atoms with Crippen molar-refractivity contribution >= 4 is 11.8 Å². The lowest BCUT2D eigenvalue weighted by atomic mass is 9.89. The molecular formula is C24H34N6O3. The predicted octanol–water partition coefficient (Wildman–Crippen LogP) is 2.43. The summed E-state index contributed by atoms with van der Waals surface area (Å²) in [6.07, 6.45) is 8.53. The lowest BCUT2D eigenvalue weighted by Crippen LogP contribution is -2.48. The molecule has 4 rings (SSSR count). The first-order valence-corrected chi connectivity index (χ1v) is 12.1. The van der Waals surface area contributed by atoms with Gasteiger partial charge in [-0.25, -0.2) is 0 Å². The number of nitrogens with zero attached hydrogens (tertiary/aromatic N) is 5. The summed E-state index contributed by atoms with van der Waals surface area (Å²) in [4.78, 5) is 37.8. The van der Waals surface area contributed by atoms with Gasteiger partial charge in [-0.15, -0.1) is 0 Å². The van der Waals surface area contributed by atoms with Crippen LogP contribution in [0, 0.1) is 0 Å². The van der Waals surface area contributed by atoms with Gasteiger partial charge in [-0.1, -0.05) is 36.9 Å². The number of hydrogen-bond acceptors (Lipinski definition) is 7. The molecular weight excluding hydrogens is 420 g/mol. The third kappa shape index (κ3) is 6.16. The van der Waals surface area contributed by atoms with Gasteiger partial charge in [0.25, 0.3) is 0 Å². The highest BCUT2D eigenvalue weighted by Crippen LogP contribution is 2.34. The summed E-state index contributed by atoms with van der Waals surface area (Å²) in [5, 5.41) is 7.30. The quantitative estimate of drug-likeness (QED) is 0.641. The number of carbonyl (C=O) groups is 2. The zero-order valence-electron chi connectivity index (χ0n) is 19.5. The highest BCUT2D eigenvalue weighted by molar-refractivity contribution is 5.76. The average molecular weight is 455 g/mol. The van der Waals surface area contributed by atoms with Crippen molar-refractivity contribution in [3.63, 3.8) is 0 Å². The molecule has 1 aliphatic heterocycles. The minimum absolute atomic E-state index is 0.0828. The summed E-state index contributed by atoms with van der Waals surface area (Å²) in [5.41, 5.74) is 0.494. The standard InChI is InChI=1S/C24H34N6O3/c1-19(31)27-24(11-5-2-3-6-12-24)23-26-21(33-28-23)9-10-22(32)30-16-14-29(15-17-30)18-20-8-4-7-13-25-20/h4,7-8,13H,2-3,5-6,9-12,14-18H2,1H3,(H,27,31). The molecule has 0 atom stereocenters. The van der Waals surface area contributed by atoms with Crippen molar-refractivity contribution in [3.05, 3.63) is 41.8 Å². The summed E-state index contributed by atoms with van der Waals surface area (Å²) in [6.45, 7) is 5.45. The van der Waals surface area contributed by atoms with Crippen LogP contribution in [0.2, 0.25) is 0 Å². The van der Waals surface area contributed by atoms with Crippen molar-refractivity contribution in [2.24, 2.45) is 0 Å². The fourth-order valence-electron chi connectivity index (χ4n) is 4.87. The summed E-state index contributed by atoms with van der Waals surface area (Å²) < 4.78 is 5.49. The van der Waals surface area contributed by atoms with E-state index in [4.69, 9.17) is 4.52 Å². The van der Waals surface area contributed by atoms with Crippen molar-refractivity contribution in [1.82, 2.24) is 30.2 Å². The van der Waals surface area contributed by atoms with Crippen molar-refractivity contribution in [3.8, 4) is 0 Å². The van der Waals surface area contributed by atoms with Gasteiger partial charge in [-0.2, -0.15) is 4.98 Å². The van der Waals surface area contributed by atoms with Crippen molar-refractivity contribution in [1.29, 1.82) is 0 Å². The second-order valence-electron chi connectivity index (χ2n) is 9.17. The second kappa shape index (κ2) is 10.9. The van der Waals surface area contributed by atoms with Gasteiger partial charge in [0, 0.05) is 58.7 Å². The van der Waals surface area contributed by atoms with Gasteiger partial charge < -0.3 is 14.7 Å². The number of aromatic nitrogens is 3. The van der Waals surface area contributed by atoms with E-state index >= 15 is 0 Å². The lowest BCUT2D eigenvalue weighted by molar-refractivity contribution is -0.133. The van der Waals surface area contributed by atoms with E-state index in [0.29, 0.717) is 37.6 Å². The van der Waals surface area contributed by atoms with E-state index in [0.717, 1.165) is 63.9 Å². The molecule has 2 aromatic heterocycles. The Labute approximate surface area is 194 Å². The molecule has 0 unspecified atom stereocenters. The number of pyridine rings is 1. The topological polar surface area (TPSA) is 104 Å². The maximum Gasteiger partial charge on any atom is 0.227 e. The Balaban J connectivity index is 1.28. The molecule has 33 heavy (non-hydrogen) atoms. The Morgan fingerprint density at radius 2 is 1.85 bits per heavy atom. The van der Waals surface area contributed by atoms with Crippen molar-refractivity contribution < 1.29 is 14.1 Å². The number of hydrogen-bond donors (Lipinski definition) is 1. The van der Waals surface area contributed by atoms with Crippen LogP contribution in [0.15, 0.2) is 28.9 Å². The number of carbonyl (C=O) groups excluding carboxylic acids is 2. The molecule has 3 heterocycles. The van der Waals surface area contributed by atoms with Gasteiger partial charge in [0.2, 0.25) is 17.7 Å².